The van der Waals surface area contributed by atoms with Crippen LogP contribution in [0.3, 0.4) is 0 Å². The zero-order valence-electron chi connectivity index (χ0n) is 12.0. The Kier molecular flexibility index (Phi) is 6.67. The highest BCUT2D eigenvalue weighted by molar-refractivity contribution is 6.32. The summed E-state index contributed by atoms with van der Waals surface area (Å²) in [5.74, 6) is -0.986. The maximum atomic E-state index is 11.4. The molecular weight excluding hydrogens is 302 g/mol. The zero-order chi connectivity index (χ0) is 15.8. The van der Waals surface area contributed by atoms with E-state index in [4.69, 9.17) is 21.2 Å². The summed E-state index contributed by atoms with van der Waals surface area (Å²) in [6.45, 7) is 3.30. The van der Waals surface area contributed by atoms with Gasteiger partial charge in [0.05, 0.1) is 31.2 Å². The van der Waals surface area contributed by atoms with E-state index in [1.807, 2.05) is 0 Å². The molecule has 0 amide bonds. The molecular formula is C12H16ClN3O5. The molecule has 21 heavy (non-hydrogen) atoms. The van der Waals surface area contributed by atoms with Crippen LogP contribution < -0.4 is 0 Å². The van der Waals surface area contributed by atoms with E-state index >= 15 is 0 Å². The first-order valence-electron chi connectivity index (χ1n) is 6.10. The smallest absolute Gasteiger partial charge is 0.346 e. The number of hydrogen-bond donors (Lipinski definition) is 0. The molecule has 0 radical (unpaired) electrons. The van der Waals surface area contributed by atoms with Crippen LogP contribution in [0.4, 0.5) is 0 Å². The largest absolute Gasteiger partial charge is 0.466 e. The van der Waals surface area contributed by atoms with Crippen LogP contribution in [0, 0.1) is 6.92 Å². The van der Waals surface area contributed by atoms with Crippen molar-refractivity contribution in [2.45, 2.75) is 20.4 Å². The number of halogens is 1. The average molecular weight is 318 g/mol. The van der Waals surface area contributed by atoms with Gasteiger partial charge >= 0.3 is 11.9 Å². The minimum atomic E-state index is -0.548. The summed E-state index contributed by atoms with van der Waals surface area (Å²) < 4.78 is 10.5. The van der Waals surface area contributed by atoms with Crippen LogP contribution in [0.25, 0.3) is 0 Å². The second kappa shape index (κ2) is 8.25. The van der Waals surface area contributed by atoms with Crippen molar-refractivity contribution in [3.63, 3.8) is 0 Å². The molecule has 0 aliphatic rings. The molecule has 0 aliphatic heterocycles. The van der Waals surface area contributed by atoms with E-state index in [1.165, 1.54) is 18.0 Å². The molecule has 1 heterocycles. The fourth-order valence-corrected chi connectivity index (χ4v) is 1.67. The molecule has 1 aromatic rings. The highest BCUT2D eigenvalue weighted by Crippen LogP contribution is 2.17. The van der Waals surface area contributed by atoms with E-state index in [2.05, 4.69) is 15.0 Å². The van der Waals surface area contributed by atoms with Gasteiger partial charge in [0, 0.05) is 0 Å². The lowest BCUT2D eigenvalue weighted by molar-refractivity contribution is -0.146. The first kappa shape index (κ1) is 17.0. The van der Waals surface area contributed by atoms with Gasteiger partial charge in [-0.25, -0.2) is 9.48 Å². The van der Waals surface area contributed by atoms with E-state index in [9.17, 15) is 9.59 Å². The Hall–Kier alpha value is -2.09. The number of oxime groups is 1. The number of carbonyl (C=O) groups is 2. The van der Waals surface area contributed by atoms with E-state index in [0.717, 1.165) is 0 Å². The predicted molar refractivity (Wildman–Crippen MR) is 74.2 cm³/mol. The van der Waals surface area contributed by atoms with Crippen molar-refractivity contribution in [2.75, 3.05) is 20.3 Å². The summed E-state index contributed by atoms with van der Waals surface area (Å²) >= 11 is 6.10. The lowest BCUT2D eigenvalue weighted by atomic mass is 10.3. The number of carbonyl (C=O) groups excluding carboxylic acids is 2. The van der Waals surface area contributed by atoms with Crippen molar-refractivity contribution in [3.05, 3.63) is 16.4 Å². The predicted octanol–water partition coefficient (Wildman–Crippen LogP) is 0.932. The molecule has 0 saturated carbocycles. The molecule has 1 aromatic heterocycles. The van der Waals surface area contributed by atoms with Gasteiger partial charge in [-0.05, 0) is 13.8 Å². The standard InChI is InChI=1S/C12H16ClN3O5/c1-4-20-10(17)6-16-12(13)9(8(2)15-16)5-14-21-7-11(18)19-3/h5H,4,6-7H2,1-3H3/b14-5+. The van der Waals surface area contributed by atoms with Gasteiger partial charge in [0.25, 0.3) is 0 Å². The van der Waals surface area contributed by atoms with Crippen molar-refractivity contribution in [3.8, 4) is 0 Å². The monoisotopic (exact) mass is 317 g/mol. The van der Waals surface area contributed by atoms with Gasteiger partial charge in [-0.3, -0.25) is 4.79 Å². The molecule has 0 aliphatic carbocycles. The number of hydrogen-bond acceptors (Lipinski definition) is 7. The van der Waals surface area contributed by atoms with Crippen molar-refractivity contribution in [1.29, 1.82) is 0 Å². The molecule has 0 fully saturated rings. The third-order valence-corrected chi connectivity index (χ3v) is 2.76. The zero-order valence-corrected chi connectivity index (χ0v) is 12.7. The third kappa shape index (κ3) is 5.07. The normalized spacial score (nSPS) is 10.7. The first-order chi connectivity index (χ1) is 9.99. The van der Waals surface area contributed by atoms with Crippen LogP contribution >= 0.6 is 11.6 Å². The summed E-state index contributed by atoms with van der Waals surface area (Å²) in [6.07, 6.45) is 1.31. The molecule has 0 unspecified atom stereocenters. The Balaban J connectivity index is 2.71. The fraction of sp³-hybridized carbons (Fsp3) is 0.500. The van der Waals surface area contributed by atoms with Crippen molar-refractivity contribution in [2.24, 2.45) is 5.16 Å². The average Bonchev–Trinajstić information content (AvgIpc) is 2.70. The molecule has 9 heteroatoms. The van der Waals surface area contributed by atoms with E-state index < -0.39 is 11.9 Å². The summed E-state index contributed by atoms with van der Waals surface area (Å²) in [4.78, 5) is 27.0. The number of methoxy groups -OCH3 is 1. The van der Waals surface area contributed by atoms with Crippen LogP contribution in [-0.4, -0.2) is 48.3 Å². The minimum absolute atomic E-state index is 0.0929. The van der Waals surface area contributed by atoms with Crippen LogP contribution in [0.5, 0.6) is 0 Å². The third-order valence-electron chi connectivity index (χ3n) is 2.36. The maximum Gasteiger partial charge on any atom is 0.346 e. The molecule has 0 aromatic carbocycles. The van der Waals surface area contributed by atoms with Gasteiger partial charge < -0.3 is 14.3 Å². The number of aromatic nitrogens is 2. The quantitative estimate of drug-likeness (QED) is 0.422. The summed E-state index contributed by atoms with van der Waals surface area (Å²) in [5, 5.41) is 7.94. The highest BCUT2D eigenvalue weighted by atomic mass is 35.5. The molecule has 0 atom stereocenters. The van der Waals surface area contributed by atoms with Crippen LogP contribution in [-0.2, 0) is 30.4 Å². The summed E-state index contributed by atoms with van der Waals surface area (Å²) in [7, 11) is 1.25. The van der Waals surface area contributed by atoms with Crippen molar-refractivity contribution in [1.82, 2.24) is 9.78 Å². The van der Waals surface area contributed by atoms with Gasteiger partial charge in [0.2, 0.25) is 6.61 Å². The number of rotatable bonds is 7. The number of nitrogens with zero attached hydrogens (tertiary/aromatic N) is 3. The fourth-order valence-electron chi connectivity index (χ4n) is 1.39. The van der Waals surface area contributed by atoms with Crippen LogP contribution in [0.1, 0.15) is 18.2 Å². The lowest BCUT2D eigenvalue weighted by Gasteiger charge is -2.02. The molecule has 0 bridgehead atoms. The molecule has 8 nitrogen and oxygen atoms in total. The Bertz CT molecular complexity index is 541. The van der Waals surface area contributed by atoms with Gasteiger partial charge in [0.1, 0.15) is 11.7 Å². The van der Waals surface area contributed by atoms with Crippen LogP contribution in [0.15, 0.2) is 5.16 Å². The summed E-state index contributed by atoms with van der Waals surface area (Å²) in [5.41, 5.74) is 1.06. The molecule has 0 N–H and O–H groups in total. The van der Waals surface area contributed by atoms with Gasteiger partial charge in [-0.2, -0.15) is 5.10 Å². The molecule has 1 rings (SSSR count). The van der Waals surface area contributed by atoms with E-state index in [0.29, 0.717) is 11.3 Å². The van der Waals surface area contributed by atoms with Gasteiger partial charge in [-0.1, -0.05) is 16.8 Å². The number of esters is 2. The first-order valence-corrected chi connectivity index (χ1v) is 6.48. The molecule has 0 spiro atoms. The van der Waals surface area contributed by atoms with Crippen molar-refractivity contribution >= 4 is 29.8 Å². The lowest BCUT2D eigenvalue weighted by Crippen LogP contribution is -2.14. The van der Waals surface area contributed by atoms with E-state index in [-0.39, 0.29) is 24.9 Å². The maximum absolute atomic E-state index is 11.4. The Morgan fingerprint density at radius 3 is 2.76 bits per heavy atom. The molecule has 116 valence electrons. The number of aryl methyl sites for hydroxylation is 1. The van der Waals surface area contributed by atoms with Gasteiger partial charge in [0.15, 0.2) is 0 Å². The second-order valence-electron chi connectivity index (χ2n) is 3.84. The molecule has 0 saturated heterocycles. The van der Waals surface area contributed by atoms with Crippen LogP contribution in [0.2, 0.25) is 5.15 Å². The highest BCUT2D eigenvalue weighted by Gasteiger charge is 2.15. The minimum Gasteiger partial charge on any atom is -0.466 e. The Labute approximate surface area is 126 Å². The second-order valence-corrected chi connectivity index (χ2v) is 4.19. The number of ether oxygens (including phenoxy) is 2. The van der Waals surface area contributed by atoms with Gasteiger partial charge in [-0.15, -0.1) is 0 Å². The SMILES string of the molecule is CCOC(=O)Cn1nc(C)c(/C=N/OCC(=O)OC)c1Cl. The Morgan fingerprint density at radius 1 is 1.43 bits per heavy atom. The topological polar surface area (TPSA) is 92.0 Å². The van der Waals surface area contributed by atoms with E-state index in [1.54, 1.807) is 13.8 Å². The van der Waals surface area contributed by atoms with Crippen molar-refractivity contribution < 1.29 is 23.9 Å². The Morgan fingerprint density at radius 2 is 2.14 bits per heavy atom. The summed E-state index contributed by atoms with van der Waals surface area (Å²) in [6, 6.07) is 0.